The molecular weight excluding hydrogens is 226 g/mol. The highest BCUT2D eigenvalue weighted by Gasteiger charge is 2.22. The average molecular weight is 246 g/mol. The predicted octanol–water partition coefficient (Wildman–Crippen LogP) is -0.372. The molecule has 6 heteroatoms. The van der Waals surface area contributed by atoms with E-state index in [0.717, 1.165) is 6.08 Å². The molecule has 1 atom stereocenters. The number of carbonyl (C=O) groups excluding carboxylic acids is 1. The Morgan fingerprint density at radius 3 is 2.53 bits per heavy atom. The monoisotopic (exact) mass is 246 g/mol. The van der Waals surface area contributed by atoms with Crippen molar-refractivity contribution in [3.63, 3.8) is 0 Å². The third kappa shape index (κ3) is 8.41. The first-order valence-corrected chi connectivity index (χ1v) is 5.28. The molecule has 0 bridgehead atoms. The van der Waals surface area contributed by atoms with Gasteiger partial charge >= 0.3 is 11.9 Å². The van der Waals surface area contributed by atoms with E-state index in [-0.39, 0.29) is 19.6 Å². The number of aliphatic hydroxyl groups is 1. The lowest BCUT2D eigenvalue weighted by molar-refractivity contribution is -0.893. The first kappa shape index (κ1) is 15.6. The van der Waals surface area contributed by atoms with E-state index in [9.17, 15) is 14.7 Å². The highest BCUT2D eigenvalue weighted by Crippen LogP contribution is 2.03. The number of hydrogen-bond donors (Lipinski definition) is 2. The molecule has 17 heavy (non-hydrogen) atoms. The van der Waals surface area contributed by atoms with Gasteiger partial charge in [0.05, 0.1) is 20.5 Å². The molecule has 0 amide bonds. The van der Waals surface area contributed by atoms with Crippen LogP contribution in [0, 0.1) is 0 Å². The Labute approximate surface area is 101 Å². The van der Waals surface area contributed by atoms with Crippen molar-refractivity contribution in [3.8, 4) is 0 Å². The zero-order valence-corrected chi connectivity index (χ0v) is 10.3. The predicted molar refractivity (Wildman–Crippen MR) is 61.3 cm³/mol. The Balaban J connectivity index is 3.97. The fourth-order valence-corrected chi connectivity index (χ4v) is 1.38. The second kappa shape index (κ2) is 7.03. The van der Waals surface area contributed by atoms with E-state index in [1.54, 1.807) is 0 Å². The Bertz CT molecular complexity index is 288. The van der Waals surface area contributed by atoms with Crippen molar-refractivity contribution in [1.82, 2.24) is 0 Å². The van der Waals surface area contributed by atoms with Gasteiger partial charge in [0.2, 0.25) is 0 Å². The number of aliphatic carboxylic acids is 1. The van der Waals surface area contributed by atoms with Crippen molar-refractivity contribution in [2.24, 2.45) is 0 Å². The minimum atomic E-state index is -1.03. The van der Waals surface area contributed by atoms with Crippen LogP contribution < -0.4 is 0 Å². The maximum atomic E-state index is 10.8. The van der Waals surface area contributed by atoms with Crippen molar-refractivity contribution in [2.75, 3.05) is 33.8 Å². The maximum absolute atomic E-state index is 10.8. The van der Waals surface area contributed by atoms with Crippen molar-refractivity contribution in [1.29, 1.82) is 0 Å². The fraction of sp³-hybridized carbons (Fsp3) is 0.636. The molecule has 0 heterocycles. The maximum Gasteiger partial charge on any atom is 0.330 e. The molecule has 0 radical (unpaired) electrons. The average Bonchev–Trinajstić information content (AvgIpc) is 2.14. The highest BCUT2D eigenvalue weighted by atomic mass is 16.5. The van der Waals surface area contributed by atoms with Gasteiger partial charge in [0, 0.05) is 6.08 Å². The Morgan fingerprint density at radius 1 is 1.47 bits per heavy atom. The van der Waals surface area contributed by atoms with E-state index in [1.165, 1.54) is 0 Å². The lowest BCUT2D eigenvalue weighted by atomic mass is 10.2. The van der Waals surface area contributed by atoms with Crippen LogP contribution in [0.4, 0.5) is 0 Å². The zero-order chi connectivity index (χ0) is 13.5. The summed E-state index contributed by atoms with van der Waals surface area (Å²) in [6, 6.07) is 0. The molecule has 0 saturated carbocycles. The van der Waals surface area contributed by atoms with E-state index in [1.807, 2.05) is 14.1 Å². The number of esters is 1. The second-order valence-electron chi connectivity index (χ2n) is 4.47. The Morgan fingerprint density at radius 2 is 2.06 bits per heavy atom. The van der Waals surface area contributed by atoms with Gasteiger partial charge in [-0.3, -0.25) is 4.79 Å². The van der Waals surface area contributed by atoms with Crippen LogP contribution in [0.3, 0.4) is 0 Å². The van der Waals surface area contributed by atoms with E-state index in [0.29, 0.717) is 11.0 Å². The Hall–Kier alpha value is -1.40. The van der Waals surface area contributed by atoms with Crippen LogP contribution in [0.2, 0.25) is 0 Å². The van der Waals surface area contributed by atoms with Crippen LogP contribution >= 0.6 is 0 Å². The van der Waals surface area contributed by atoms with Crippen molar-refractivity contribution in [3.05, 3.63) is 12.7 Å². The van der Waals surface area contributed by atoms with Gasteiger partial charge in [0.15, 0.2) is 0 Å². The van der Waals surface area contributed by atoms with Gasteiger partial charge in [0.25, 0.3) is 0 Å². The van der Waals surface area contributed by atoms with Gasteiger partial charge in [-0.05, 0) is 0 Å². The summed E-state index contributed by atoms with van der Waals surface area (Å²) in [6.07, 6.45) is -0.106. The molecule has 0 fully saturated rings. The number of carboxylic acid groups (broad SMARTS) is 1. The van der Waals surface area contributed by atoms with Gasteiger partial charge in [-0.2, -0.15) is 0 Å². The van der Waals surface area contributed by atoms with Crippen LogP contribution in [-0.4, -0.2) is 66.5 Å². The summed E-state index contributed by atoms with van der Waals surface area (Å²) in [4.78, 5) is 21.2. The highest BCUT2D eigenvalue weighted by molar-refractivity contribution is 5.81. The summed E-state index contributed by atoms with van der Waals surface area (Å²) in [6.45, 7) is 4.26. The van der Waals surface area contributed by atoms with Crippen LogP contribution in [0.25, 0.3) is 0 Å². The minimum absolute atomic E-state index is 0.206. The van der Waals surface area contributed by atoms with Gasteiger partial charge in [-0.25, -0.2) is 4.79 Å². The number of nitrogens with zero attached hydrogens (tertiary/aromatic N) is 1. The molecule has 0 spiro atoms. The van der Waals surface area contributed by atoms with E-state index < -0.39 is 18.0 Å². The number of carboxylic acids is 1. The van der Waals surface area contributed by atoms with Crippen molar-refractivity contribution in [2.45, 2.75) is 12.5 Å². The summed E-state index contributed by atoms with van der Waals surface area (Å²) in [5, 5.41) is 18.0. The van der Waals surface area contributed by atoms with E-state index in [2.05, 4.69) is 6.58 Å². The molecular formula is C11H20NO5+. The fourth-order valence-electron chi connectivity index (χ4n) is 1.38. The van der Waals surface area contributed by atoms with Crippen LogP contribution in [-0.2, 0) is 14.3 Å². The van der Waals surface area contributed by atoms with Crippen molar-refractivity contribution >= 4 is 11.9 Å². The number of carbonyl (C=O) groups is 2. The molecule has 0 aromatic heterocycles. The molecule has 2 N–H and O–H groups in total. The molecule has 0 aliphatic heterocycles. The van der Waals surface area contributed by atoms with Crippen LogP contribution in [0.15, 0.2) is 12.7 Å². The minimum Gasteiger partial charge on any atom is -0.481 e. The number of hydrogen-bond acceptors (Lipinski definition) is 4. The molecule has 0 aromatic carbocycles. The molecule has 6 nitrogen and oxygen atoms in total. The number of quaternary nitrogens is 1. The summed E-state index contributed by atoms with van der Waals surface area (Å²) in [5.74, 6) is -1.52. The molecule has 0 aliphatic rings. The normalized spacial score (nSPS) is 12.9. The molecule has 1 unspecified atom stereocenters. The summed E-state index contributed by atoms with van der Waals surface area (Å²) >= 11 is 0. The lowest BCUT2D eigenvalue weighted by Gasteiger charge is -2.31. The first-order chi connectivity index (χ1) is 7.76. The third-order valence-corrected chi connectivity index (χ3v) is 2.22. The number of rotatable bonds is 8. The Kier molecular flexibility index (Phi) is 6.45. The van der Waals surface area contributed by atoms with Gasteiger partial charge in [-0.1, -0.05) is 6.58 Å². The zero-order valence-electron chi connectivity index (χ0n) is 10.3. The summed E-state index contributed by atoms with van der Waals surface area (Å²) in [7, 11) is 3.65. The number of likely N-dealkylation sites (N-methyl/N-ethyl adjacent to an activating group) is 1. The lowest BCUT2D eigenvalue weighted by Crippen LogP contribution is -2.47. The summed E-state index contributed by atoms with van der Waals surface area (Å²) < 4.78 is 5.19. The largest absolute Gasteiger partial charge is 0.481 e. The molecule has 0 aliphatic carbocycles. The quantitative estimate of drug-likeness (QED) is 0.347. The molecule has 0 aromatic rings. The third-order valence-electron chi connectivity index (χ3n) is 2.22. The summed E-state index contributed by atoms with van der Waals surface area (Å²) in [5.41, 5.74) is 0. The topological polar surface area (TPSA) is 83.8 Å². The molecule has 0 saturated heterocycles. The van der Waals surface area contributed by atoms with Crippen LogP contribution in [0.1, 0.15) is 6.42 Å². The number of aliphatic hydroxyl groups excluding tert-OH is 1. The standard InChI is InChI=1S/C11H19NO5/c1-4-11(16)17-6-5-12(2,3)8-9(13)7-10(14)15/h4,9,13H,1,5-8H2,2-3H3/p+1. The van der Waals surface area contributed by atoms with E-state index in [4.69, 9.17) is 9.84 Å². The van der Waals surface area contributed by atoms with Crippen LogP contribution in [0.5, 0.6) is 0 Å². The van der Waals surface area contributed by atoms with Gasteiger partial charge in [0.1, 0.15) is 25.8 Å². The number of ether oxygens (including phenoxy) is 1. The van der Waals surface area contributed by atoms with Crippen molar-refractivity contribution < 1.29 is 29.0 Å². The van der Waals surface area contributed by atoms with E-state index >= 15 is 0 Å². The first-order valence-electron chi connectivity index (χ1n) is 5.28. The molecule has 98 valence electrons. The molecule has 0 rings (SSSR count). The van der Waals surface area contributed by atoms with Gasteiger partial charge in [-0.15, -0.1) is 0 Å². The SMILES string of the molecule is C=CC(=O)OCC[N+](C)(C)CC(O)CC(=O)O. The second-order valence-corrected chi connectivity index (χ2v) is 4.47. The smallest absolute Gasteiger partial charge is 0.330 e. The van der Waals surface area contributed by atoms with Gasteiger partial charge < -0.3 is 19.4 Å².